The fraction of sp³-hybridized carbons (Fsp3) is 0.333. The largest absolute Gasteiger partial charge is 0.478 e. The van der Waals surface area contributed by atoms with Gasteiger partial charge in [-0.25, -0.2) is 4.79 Å². The molecule has 21 heavy (non-hydrogen) atoms. The SMILES string of the molecule is N=C(N)NC(=N)N1CCOCC1.O=C(O)c1cccnc1. The van der Waals surface area contributed by atoms with Gasteiger partial charge in [0.05, 0.1) is 18.8 Å². The molecule has 1 fully saturated rings. The van der Waals surface area contributed by atoms with Crippen LogP contribution in [-0.2, 0) is 4.74 Å². The second kappa shape index (κ2) is 8.48. The maximum atomic E-state index is 10.2. The van der Waals surface area contributed by atoms with Crippen LogP contribution in [0.3, 0.4) is 0 Å². The summed E-state index contributed by atoms with van der Waals surface area (Å²) in [5.74, 6) is -0.972. The lowest BCUT2D eigenvalue weighted by Gasteiger charge is -2.28. The Hall–Kier alpha value is -2.68. The predicted octanol–water partition coefficient (Wildman–Crippen LogP) is -0.484. The van der Waals surface area contributed by atoms with E-state index < -0.39 is 5.97 Å². The Bertz CT molecular complexity index is 487. The molecule has 0 bridgehead atoms. The first-order chi connectivity index (χ1) is 10.0. The van der Waals surface area contributed by atoms with Gasteiger partial charge in [-0.05, 0) is 12.1 Å². The van der Waals surface area contributed by atoms with Gasteiger partial charge in [0.1, 0.15) is 0 Å². The highest BCUT2D eigenvalue weighted by Gasteiger charge is 2.13. The van der Waals surface area contributed by atoms with Crippen LogP contribution in [0.1, 0.15) is 10.4 Å². The molecule has 1 saturated heterocycles. The summed E-state index contributed by atoms with van der Waals surface area (Å²) < 4.78 is 5.10. The second-order valence-electron chi connectivity index (χ2n) is 4.03. The maximum absolute atomic E-state index is 10.2. The Morgan fingerprint density at radius 2 is 2.10 bits per heavy atom. The van der Waals surface area contributed by atoms with E-state index in [1.807, 2.05) is 0 Å². The van der Waals surface area contributed by atoms with Crippen molar-refractivity contribution in [1.82, 2.24) is 15.2 Å². The van der Waals surface area contributed by atoms with Crippen molar-refractivity contribution in [3.05, 3.63) is 30.1 Å². The van der Waals surface area contributed by atoms with E-state index in [0.29, 0.717) is 26.3 Å². The van der Waals surface area contributed by atoms with Crippen molar-refractivity contribution in [2.75, 3.05) is 26.3 Å². The van der Waals surface area contributed by atoms with Gasteiger partial charge in [-0.2, -0.15) is 0 Å². The van der Waals surface area contributed by atoms with Crippen molar-refractivity contribution in [3.8, 4) is 0 Å². The van der Waals surface area contributed by atoms with E-state index >= 15 is 0 Å². The first-order valence-electron chi connectivity index (χ1n) is 6.16. The maximum Gasteiger partial charge on any atom is 0.337 e. The Kier molecular flexibility index (Phi) is 6.61. The summed E-state index contributed by atoms with van der Waals surface area (Å²) in [5.41, 5.74) is 5.29. The number of morpholine rings is 1. The Morgan fingerprint density at radius 1 is 1.43 bits per heavy atom. The number of pyridine rings is 1. The zero-order valence-corrected chi connectivity index (χ0v) is 11.4. The van der Waals surface area contributed by atoms with Gasteiger partial charge in [-0.3, -0.25) is 21.1 Å². The lowest BCUT2D eigenvalue weighted by Crippen LogP contribution is -2.50. The van der Waals surface area contributed by atoms with E-state index in [-0.39, 0.29) is 17.5 Å². The molecule has 6 N–H and O–H groups in total. The highest BCUT2D eigenvalue weighted by molar-refractivity contribution is 5.94. The van der Waals surface area contributed by atoms with Crippen LogP contribution in [0.5, 0.6) is 0 Å². The lowest BCUT2D eigenvalue weighted by atomic mass is 10.3. The predicted molar refractivity (Wildman–Crippen MR) is 76.4 cm³/mol. The third kappa shape index (κ3) is 6.34. The molecule has 9 heteroatoms. The van der Waals surface area contributed by atoms with Gasteiger partial charge in [-0.15, -0.1) is 0 Å². The number of hydrogen-bond donors (Lipinski definition) is 5. The number of nitrogens with zero attached hydrogens (tertiary/aromatic N) is 2. The molecule has 1 aliphatic heterocycles. The first-order valence-corrected chi connectivity index (χ1v) is 6.16. The standard InChI is InChI=1S/C6H13N5O.C6H5NO2/c7-5(8)10-6(9)11-1-3-12-4-2-11;8-6(9)5-2-1-3-7-4-5/h1-4H2,(H5,7,8,9,10);1-4H,(H,8,9). The molecule has 0 aromatic carbocycles. The lowest BCUT2D eigenvalue weighted by molar-refractivity contribution is 0.0667. The fourth-order valence-corrected chi connectivity index (χ4v) is 1.48. The number of carboxylic acids is 1. The Morgan fingerprint density at radius 3 is 2.52 bits per heavy atom. The number of carboxylic acid groups (broad SMARTS) is 1. The number of nitrogens with two attached hydrogens (primary N) is 1. The third-order valence-corrected chi connectivity index (χ3v) is 2.49. The highest BCUT2D eigenvalue weighted by atomic mass is 16.5. The second-order valence-corrected chi connectivity index (χ2v) is 4.03. The zero-order chi connectivity index (χ0) is 15.7. The first kappa shape index (κ1) is 16.4. The number of hydrogen-bond acceptors (Lipinski definition) is 5. The summed E-state index contributed by atoms with van der Waals surface area (Å²) in [5, 5.41) is 25.1. The normalized spacial score (nSPS) is 13.6. The van der Waals surface area contributed by atoms with Crippen LogP contribution >= 0.6 is 0 Å². The van der Waals surface area contributed by atoms with E-state index in [2.05, 4.69) is 10.3 Å². The van der Waals surface area contributed by atoms with Gasteiger partial charge in [0, 0.05) is 25.5 Å². The molecule has 9 nitrogen and oxygen atoms in total. The van der Waals surface area contributed by atoms with Gasteiger partial charge in [-0.1, -0.05) is 0 Å². The van der Waals surface area contributed by atoms with Crippen LogP contribution in [0.15, 0.2) is 24.5 Å². The molecule has 0 aliphatic carbocycles. The molecule has 1 aromatic rings. The van der Waals surface area contributed by atoms with Crippen molar-refractivity contribution < 1.29 is 14.6 Å². The summed E-state index contributed by atoms with van der Waals surface area (Å²) >= 11 is 0. The van der Waals surface area contributed by atoms with Crippen LogP contribution in [0.4, 0.5) is 0 Å². The molecule has 0 radical (unpaired) electrons. The molecule has 0 saturated carbocycles. The molecule has 1 aliphatic rings. The Labute approximate surface area is 121 Å². The number of aromatic nitrogens is 1. The van der Waals surface area contributed by atoms with Gasteiger partial charge in [0.25, 0.3) is 0 Å². The van der Waals surface area contributed by atoms with E-state index in [1.54, 1.807) is 11.0 Å². The molecule has 2 heterocycles. The number of guanidine groups is 2. The summed E-state index contributed by atoms with van der Waals surface area (Å²) in [4.78, 5) is 15.6. The van der Waals surface area contributed by atoms with E-state index in [4.69, 9.17) is 26.4 Å². The quantitative estimate of drug-likeness (QED) is 0.347. The van der Waals surface area contributed by atoms with Crippen LogP contribution in [-0.4, -0.2) is 59.2 Å². The number of aromatic carboxylic acids is 1. The third-order valence-electron chi connectivity index (χ3n) is 2.49. The topological polar surface area (TPSA) is 148 Å². The average Bonchev–Trinajstić information content (AvgIpc) is 2.49. The van der Waals surface area contributed by atoms with Gasteiger partial charge in [0.15, 0.2) is 11.9 Å². The molecule has 0 atom stereocenters. The molecule has 0 amide bonds. The van der Waals surface area contributed by atoms with Crippen molar-refractivity contribution in [3.63, 3.8) is 0 Å². The molecule has 1 aromatic heterocycles. The fourth-order valence-electron chi connectivity index (χ4n) is 1.48. The number of ether oxygens (including phenoxy) is 1. The van der Waals surface area contributed by atoms with Gasteiger partial charge < -0.3 is 20.5 Å². The highest BCUT2D eigenvalue weighted by Crippen LogP contribution is 1.95. The van der Waals surface area contributed by atoms with E-state index in [9.17, 15) is 4.79 Å². The molecule has 2 rings (SSSR count). The van der Waals surface area contributed by atoms with E-state index in [0.717, 1.165) is 0 Å². The minimum atomic E-state index is -0.942. The molecule has 114 valence electrons. The van der Waals surface area contributed by atoms with Gasteiger partial charge in [0.2, 0.25) is 0 Å². The van der Waals surface area contributed by atoms with E-state index in [1.165, 1.54) is 18.5 Å². The summed E-state index contributed by atoms with van der Waals surface area (Å²) in [7, 11) is 0. The summed E-state index contributed by atoms with van der Waals surface area (Å²) in [6.07, 6.45) is 2.84. The van der Waals surface area contributed by atoms with Crippen LogP contribution in [0.25, 0.3) is 0 Å². The number of carbonyl (C=O) groups is 1. The van der Waals surface area contributed by atoms with Crippen LogP contribution < -0.4 is 11.1 Å². The van der Waals surface area contributed by atoms with Crippen LogP contribution in [0, 0.1) is 10.8 Å². The minimum absolute atomic E-state index is 0.172. The molecule has 0 unspecified atom stereocenters. The van der Waals surface area contributed by atoms with Gasteiger partial charge >= 0.3 is 5.97 Å². The molecular weight excluding hydrogens is 276 g/mol. The Balaban J connectivity index is 0.000000219. The smallest absolute Gasteiger partial charge is 0.337 e. The number of nitrogens with one attached hydrogen (secondary N) is 3. The van der Waals surface area contributed by atoms with Crippen molar-refractivity contribution in [2.24, 2.45) is 5.73 Å². The average molecular weight is 294 g/mol. The van der Waals surface area contributed by atoms with Crippen molar-refractivity contribution in [1.29, 1.82) is 10.8 Å². The van der Waals surface area contributed by atoms with Crippen molar-refractivity contribution >= 4 is 17.9 Å². The molecule has 0 spiro atoms. The summed E-state index contributed by atoms with van der Waals surface area (Å²) in [6, 6.07) is 3.08. The van der Waals surface area contributed by atoms with Crippen LogP contribution in [0.2, 0.25) is 0 Å². The monoisotopic (exact) mass is 294 g/mol. The van der Waals surface area contributed by atoms with Crippen molar-refractivity contribution in [2.45, 2.75) is 0 Å². The summed E-state index contributed by atoms with van der Waals surface area (Å²) in [6.45, 7) is 2.61. The zero-order valence-electron chi connectivity index (χ0n) is 11.4. The number of rotatable bonds is 1. The molecular formula is C12H18N6O3. The minimum Gasteiger partial charge on any atom is -0.478 e.